The highest BCUT2D eigenvalue weighted by Crippen LogP contribution is 2.32. The zero-order chi connectivity index (χ0) is 28.2. The maximum atomic E-state index is 13.6. The minimum absolute atomic E-state index is 0.0445. The number of benzene rings is 2. The number of thioether (sulfide) groups is 2. The molecule has 5 rings (SSSR count). The van der Waals surface area contributed by atoms with Gasteiger partial charge in [0.1, 0.15) is 11.8 Å². The number of carbonyl (C=O) groups is 2. The Bertz CT molecular complexity index is 1640. The zero-order valence-corrected chi connectivity index (χ0v) is 22.6. The third-order valence-corrected chi connectivity index (χ3v) is 7.57. The number of urea groups is 1. The number of para-hydroxylation sites is 1. The van der Waals surface area contributed by atoms with E-state index in [1.165, 1.54) is 23.0 Å². The van der Waals surface area contributed by atoms with Crippen LogP contribution >= 0.6 is 23.5 Å². The predicted molar refractivity (Wildman–Crippen MR) is 147 cm³/mol. The maximum absolute atomic E-state index is 13.6. The van der Waals surface area contributed by atoms with Crippen molar-refractivity contribution in [1.29, 1.82) is 0 Å². The molecule has 9 nitrogen and oxygen atoms in total. The van der Waals surface area contributed by atoms with Crippen molar-refractivity contribution in [2.75, 3.05) is 12.4 Å². The molecule has 1 aliphatic rings. The average molecular weight is 585 g/mol. The standard InChI is InChI=1S/C27H22F2N4O5S2/c1-2-37-24(35)21-19(30-26(36)32-22(21)20-8-5-13-38-20)14-39-27-31-18-7-4-3-6-17(18)23(34)33(27)15-9-11-16(12-10-15)40-25(28)29/h3-13,22,25H,2,14H2,1H3,(H2,30,32,36). The summed E-state index contributed by atoms with van der Waals surface area (Å²) < 4.78 is 37.8. The predicted octanol–water partition coefficient (Wildman–Crippen LogP) is 5.26. The van der Waals surface area contributed by atoms with Crippen molar-refractivity contribution in [3.63, 3.8) is 0 Å². The number of nitrogens with one attached hydrogen (secondary N) is 2. The van der Waals surface area contributed by atoms with Crippen molar-refractivity contribution < 1.29 is 27.5 Å². The lowest BCUT2D eigenvalue weighted by molar-refractivity contribution is -0.139. The van der Waals surface area contributed by atoms with Gasteiger partial charge in [-0.1, -0.05) is 35.7 Å². The van der Waals surface area contributed by atoms with Crippen molar-refractivity contribution in [2.45, 2.75) is 28.8 Å². The number of ether oxygens (including phenoxy) is 1. The summed E-state index contributed by atoms with van der Waals surface area (Å²) >= 11 is 1.52. The fraction of sp³-hybridized carbons (Fsp3) is 0.185. The number of hydrogen-bond donors (Lipinski definition) is 2. The van der Waals surface area contributed by atoms with E-state index in [9.17, 15) is 23.2 Å². The summed E-state index contributed by atoms with van der Waals surface area (Å²) in [6, 6.07) is 14.8. The number of amides is 2. The van der Waals surface area contributed by atoms with Crippen LogP contribution in [0.25, 0.3) is 16.6 Å². The van der Waals surface area contributed by atoms with E-state index >= 15 is 0 Å². The third-order valence-electron chi connectivity index (χ3n) is 5.89. The molecule has 40 heavy (non-hydrogen) atoms. The lowest BCUT2D eigenvalue weighted by Gasteiger charge is -2.27. The van der Waals surface area contributed by atoms with Gasteiger partial charge in [-0.2, -0.15) is 8.78 Å². The van der Waals surface area contributed by atoms with Crippen LogP contribution in [-0.4, -0.2) is 39.7 Å². The molecule has 4 aromatic rings. The molecule has 2 aromatic heterocycles. The molecule has 0 aliphatic carbocycles. The van der Waals surface area contributed by atoms with Crippen molar-refractivity contribution in [2.24, 2.45) is 0 Å². The Morgan fingerprint density at radius 2 is 1.90 bits per heavy atom. The molecule has 0 saturated carbocycles. The molecule has 2 amide bonds. The quantitative estimate of drug-likeness (QED) is 0.156. The monoisotopic (exact) mass is 584 g/mol. The molecule has 2 aromatic carbocycles. The Hall–Kier alpha value is -4.10. The van der Waals surface area contributed by atoms with Crippen molar-refractivity contribution in [1.82, 2.24) is 20.2 Å². The smallest absolute Gasteiger partial charge is 0.338 e. The summed E-state index contributed by atoms with van der Waals surface area (Å²) in [4.78, 5) is 44.2. The molecule has 0 fully saturated rings. The molecule has 1 unspecified atom stereocenters. The SMILES string of the molecule is CCOC(=O)C1=C(CSc2nc3ccccc3c(=O)n2-c2ccc(SC(F)F)cc2)NC(=O)NC1c1ccco1. The number of nitrogens with zero attached hydrogens (tertiary/aromatic N) is 2. The van der Waals surface area contributed by atoms with E-state index in [-0.39, 0.29) is 34.3 Å². The molecule has 2 N–H and O–H groups in total. The molecule has 1 atom stereocenters. The first-order valence-corrected chi connectivity index (χ1v) is 13.9. The van der Waals surface area contributed by atoms with E-state index < -0.39 is 23.8 Å². The van der Waals surface area contributed by atoms with Crippen LogP contribution in [0.4, 0.5) is 13.6 Å². The molecular weight excluding hydrogens is 562 g/mol. The zero-order valence-electron chi connectivity index (χ0n) is 20.9. The Balaban J connectivity index is 1.57. The molecule has 206 valence electrons. The van der Waals surface area contributed by atoms with Crippen LogP contribution < -0.4 is 16.2 Å². The summed E-state index contributed by atoms with van der Waals surface area (Å²) in [6.45, 7) is 1.79. The number of carbonyl (C=O) groups excluding carboxylic acids is 2. The molecule has 1 aliphatic heterocycles. The number of fused-ring (bicyclic) bond motifs is 1. The fourth-order valence-corrected chi connectivity index (χ4v) is 5.68. The van der Waals surface area contributed by atoms with Crippen LogP contribution in [0.1, 0.15) is 18.7 Å². The van der Waals surface area contributed by atoms with Crippen LogP contribution in [0.3, 0.4) is 0 Å². The van der Waals surface area contributed by atoms with Gasteiger partial charge in [0.05, 0.1) is 35.0 Å². The van der Waals surface area contributed by atoms with Gasteiger partial charge in [-0.15, -0.1) is 0 Å². The van der Waals surface area contributed by atoms with Crippen LogP contribution in [0.15, 0.2) is 97.5 Å². The van der Waals surface area contributed by atoms with Crippen molar-refractivity contribution in [3.05, 3.63) is 94.3 Å². The largest absolute Gasteiger partial charge is 0.467 e. The van der Waals surface area contributed by atoms with Crippen LogP contribution in [0.5, 0.6) is 0 Å². The van der Waals surface area contributed by atoms with Gasteiger partial charge in [0.15, 0.2) is 5.16 Å². The molecular formula is C27H22F2N4O5S2. The van der Waals surface area contributed by atoms with Crippen LogP contribution in [0.2, 0.25) is 0 Å². The van der Waals surface area contributed by atoms with E-state index in [2.05, 4.69) is 15.6 Å². The summed E-state index contributed by atoms with van der Waals surface area (Å²) in [5, 5.41) is 6.02. The molecule has 0 bridgehead atoms. The third kappa shape index (κ3) is 5.75. The Morgan fingerprint density at radius 1 is 1.12 bits per heavy atom. The first kappa shape index (κ1) is 27.5. The van der Waals surface area contributed by atoms with E-state index in [0.717, 1.165) is 11.8 Å². The number of esters is 1. The van der Waals surface area contributed by atoms with E-state index in [0.29, 0.717) is 39.0 Å². The van der Waals surface area contributed by atoms with Gasteiger partial charge in [0.2, 0.25) is 0 Å². The normalized spacial score (nSPS) is 15.3. The van der Waals surface area contributed by atoms with Gasteiger partial charge in [-0.25, -0.2) is 14.6 Å². The lowest BCUT2D eigenvalue weighted by Crippen LogP contribution is -2.46. The number of hydrogen-bond acceptors (Lipinski definition) is 8. The maximum Gasteiger partial charge on any atom is 0.338 e. The Morgan fingerprint density at radius 3 is 2.60 bits per heavy atom. The summed E-state index contributed by atoms with van der Waals surface area (Å²) in [5.74, 6) is -2.82. The first-order valence-electron chi connectivity index (χ1n) is 12.1. The van der Waals surface area contributed by atoms with Crippen molar-refractivity contribution >= 4 is 46.4 Å². The van der Waals surface area contributed by atoms with Gasteiger partial charge in [0, 0.05) is 16.3 Å². The number of furan rings is 1. The number of alkyl halides is 2. The number of halogens is 2. The van der Waals surface area contributed by atoms with E-state index in [1.54, 1.807) is 55.5 Å². The fourth-order valence-electron chi connectivity index (χ4n) is 4.20. The molecule has 0 spiro atoms. The molecule has 13 heteroatoms. The van der Waals surface area contributed by atoms with Crippen molar-refractivity contribution in [3.8, 4) is 5.69 Å². The number of rotatable bonds is 9. The lowest BCUT2D eigenvalue weighted by atomic mass is 10.0. The second-order valence-electron chi connectivity index (χ2n) is 8.37. The van der Waals surface area contributed by atoms with Gasteiger partial charge in [-0.3, -0.25) is 9.36 Å². The number of aromatic nitrogens is 2. The Kier molecular flexibility index (Phi) is 8.21. The van der Waals surface area contributed by atoms with Gasteiger partial charge >= 0.3 is 12.0 Å². The van der Waals surface area contributed by atoms with Crippen LogP contribution in [0, 0.1) is 0 Å². The molecule has 3 heterocycles. The highest BCUT2D eigenvalue weighted by Gasteiger charge is 2.35. The minimum Gasteiger partial charge on any atom is -0.467 e. The van der Waals surface area contributed by atoms with Gasteiger partial charge in [0.25, 0.3) is 11.3 Å². The second kappa shape index (κ2) is 12.0. The first-order chi connectivity index (χ1) is 19.4. The van der Waals surface area contributed by atoms with Crippen LogP contribution in [-0.2, 0) is 9.53 Å². The molecule has 0 saturated heterocycles. The molecule has 0 radical (unpaired) electrons. The second-order valence-corrected chi connectivity index (χ2v) is 10.4. The summed E-state index contributed by atoms with van der Waals surface area (Å²) in [5.41, 5.74) is 0.952. The highest BCUT2D eigenvalue weighted by atomic mass is 32.2. The average Bonchev–Trinajstić information content (AvgIpc) is 3.47. The van der Waals surface area contributed by atoms with Gasteiger partial charge < -0.3 is 19.8 Å². The minimum atomic E-state index is -2.57. The summed E-state index contributed by atoms with van der Waals surface area (Å²) in [6.07, 6.45) is 1.43. The Labute approximate surface area is 235 Å². The highest BCUT2D eigenvalue weighted by molar-refractivity contribution is 7.99. The topological polar surface area (TPSA) is 115 Å². The van der Waals surface area contributed by atoms with E-state index in [1.807, 2.05) is 0 Å². The summed E-state index contributed by atoms with van der Waals surface area (Å²) in [7, 11) is 0. The van der Waals surface area contributed by atoms with E-state index in [4.69, 9.17) is 9.15 Å². The van der Waals surface area contributed by atoms with Gasteiger partial charge in [-0.05, 0) is 55.5 Å².